The first-order chi connectivity index (χ1) is 13.0. The van der Waals surface area contributed by atoms with Crippen molar-refractivity contribution in [3.63, 3.8) is 0 Å². The van der Waals surface area contributed by atoms with Crippen LogP contribution in [0.2, 0.25) is 0 Å². The largest absolute Gasteiger partial charge is 0.493 e. The van der Waals surface area contributed by atoms with Gasteiger partial charge in [0, 0.05) is 44.2 Å². The Labute approximate surface area is 181 Å². The Hall–Kier alpha value is -2.27. The summed E-state index contributed by atoms with van der Waals surface area (Å²) >= 11 is 0. The predicted octanol–water partition coefficient (Wildman–Crippen LogP) is 1.86. The van der Waals surface area contributed by atoms with Gasteiger partial charge in [-0.25, -0.2) is 4.98 Å². The second-order valence-electron chi connectivity index (χ2n) is 5.86. The molecular weight excluding hydrogens is 427 g/mol. The summed E-state index contributed by atoms with van der Waals surface area (Å²) in [6.07, 6.45) is 0. The molecule has 1 aromatic heterocycles. The molecule has 1 saturated heterocycles. The van der Waals surface area contributed by atoms with E-state index in [-0.39, 0.29) is 31.4 Å². The molecule has 0 saturated carbocycles. The van der Waals surface area contributed by atoms with Crippen LogP contribution in [0.4, 0.5) is 5.82 Å². The highest BCUT2D eigenvalue weighted by Crippen LogP contribution is 2.32. The number of hydrogen-bond acceptors (Lipinski definition) is 8. The van der Waals surface area contributed by atoms with Gasteiger partial charge in [0.25, 0.3) is 5.09 Å². The molecule has 164 valence electrons. The molecule has 0 bridgehead atoms. The lowest BCUT2D eigenvalue weighted by Gasteiger charge is -2.35. The average molecular weight is 453 g/mol. The molecule has 0 aliphatic carbocycles. The lowest BCUT2D eigenvalue weighted by molar-refractivity contribution is -0.742. The van der Waals surface area contributed by atoms with Gasteiger partial charge in [-0.15, -0.1) is 34.9 Å². The van der Waals surface area contributed by atoms with E-state index in [0.29, 0.717) is 11.5 Å². The molecule has 1 aliphatic rings. The number of methoxy groups -OCH3 is 2. The van der Waals surface area contributed by atoms with E-state index in [4.69, 9.17) is 34.9 Å². The molecule has 10 nitrogen and oxygen atoms in total. The summed E-state index contributed by atoms with van der Waals surface area (Å²) in [5.41, 5.74) is 0.901. The third-order valence-electron chi connectivity index (χ3n) is 4.29. The van der Waals surface area contributed by atoms with Crippen LogP contribution in [0.25, 0.3) is 10.9 Å². The van der Waals surface area contributed by atoms with Gasteiger partial charge in [-0.3, -0.25) is 4.90 Å². The first-order valence-corrected chi connectivity index (χ1v) is 8.42. The van der Waals surface area contributed by atoms with Crippen LogP contribution in [-0.4, -0.2) is 78.8 Å². The van der Waals surface area contributed by atoms with E-state index in [9.17, 15) is 0 Å². The van der Waals surface area contributed by atoms with Crippen molar-refractivity contribution in [2.45, 2.75) is 0 Å². The van der Waals surface area contributed by atoms with Crippen molar-refractivity contribution >= 4 is 41.5 Å². The average Bonchev–Trinajstić information content (AvgIpc) is 2.67. The van der Waals surface area contributed by atoms with Crippen molar-refractivity contribution in [1.82, 2.24) is 9.88 Å². The first-order valence-electron chi connectivity index (χ1n) is 8.42. The molecule has 1 aromatic carbocycles. The van der Waals surface area contributed by atoms with Crippen LogP contribution in [0, 0.1) is 10.1 Å². The summed E-state index contributed by atoms with van der Waals surface area (Å²) in [6.45, 7) is 4.71. The molecule has 29 heavy (non-hydrogen) atoms. The van der Waals surface area contributed by atoms with E-state index in [1.165, 1.54) is 0 Å². The lowest BCUT2D eigenvalue weighted by atomic mass is 10.2. The van der Waals surface area contributed by atoms with Crippen molar-refractivity contribution in [2.75, 3.05) is 58.5 Å². The molecule has 12 heteroatoms. The minimum atomic E-state index is -1.50. The van der Waals surface area contributed by atoms with Gasteiger partial charge in [-0.1, -0.05) is 0 Å². The third kappa shape index (κ3) is 7.58. The first kappa shape index (κ1) is 26.7. The molecule has 3 rings (SSSR count). The number of rotatable bonds is 5. The van der Waals surface area contributed by atoms with Crippen molar-refractivity contribution < 1.29 is 24.9 Å². The minimum absolute atomic E-state index is 0. The van der Waals surface area contributed by atoms with Gasteiger partial charge in [0.15, 0.2) is 11.5 Å². The fourth-order valence-corrected chi connectivity index (χ4v) is 2.96. The monoisotopic (exact) mass is 452 g/mol. The highest BCUT2D eigenvalue weighted by molar-refractivity contribution is 5.86. The lowest BCUT2D eigenvalue weighted by Crippen LogP contribution is -2.47. The molecular formula is C17H26Cl2N4O6. The zero-order valence-electron chi connectivity index (χ0n) is 16.2. The van der Waals surface area contributed by atoms with Gasteiger partial charge in [0.1, 0.15) is 5.82 Å². The Morgan fingerprint density at radius 1 is 1.10 bits per heavy atom. The Morgan fingerprint density at radius 2 is 1.66 bits per heavy atom. The van der Waals surface area contributed by atoms with E-state index in [1.54, 1.807) is 14.2 Å². The molecule has 2 heterocycles. The fourth-order valence-electron chi connectivity index (χ4n) is 2.96. The number of β-amino-alcohol motifs (C(OH)–C–C–N with tert-alkyl or cyclic N) is 1. The molecule has 0 atom stereocenters. The van der Waals surface area contributed by atoms with Gasteiger partial charge in [-0.2, -0.15) is 0 Å². The second-order valence-corrected chi connectivity index (χ2v) is 5.86. The van der Waals surface area contributed by atoms with E-state index < -0.39 is 5.09 Å². The van der Waals surface area contributed by atoms with Crippen LogP contribution in [-0.2, 0) is 0 Å². The number of nitrogens with zero attached hydrogens (tertiary/aromatic N) is 4. The Kier molecular flexibility index (Phi) is 12.0. The number of piperazine rings is 1. The number of aliphatic hydroxyl groups is 1. The number of anilines is 1. The molecule has 0 unspecified atom stereocenters. The highest BCUT2D eigenvalue weighted by Gasteiger charge is 2.18. The van der Waals surface area contributed by atoms with Crippen LogP contribution in [0.1, 0.15) is 0 Å². The smallest absolute Gasteiger partial charge is 0.291 e. The molecule has 1 fully saturated rings. The number of pyridine rings is 1. The highest BCUT2D eigenvalue weighted by atomic mass is 35.5. The van der Waals surface area contributed by atoms with Crippen LogP contribution in [0.3, 0.4) is 0 Å². The second kappa shape index (κ2) is 13.0. The third-order valence-corrected chi connectivity index (χ3v) is 4.29. The summed E-state index contributed by atoms with van der Waals surface area (Å²) in [7, 11) is 3.27. The van der Waals surface area contributed by atoms with Crippen LogP contribution < -0.4 is 14.4 Å². The normalized spacial score (nSPS) is 13.4. The maximum atomic E-state index is 9.02. The van der Waals surface area contributed by atoms with E-state index >= 15 is 0 Å². The number of ether oxygens (including phenoxy) is 2. The number of fused-ring (bicyclic) bond motifs is 1. The number of hydrogen-bond donors (Lipinski definition) is 2. The Morgan fingerprint density at radius 3 is 2.17 bits per heavy atom. The quantitative estimate of drug-likeness (QED) is 0.516. The number of benzene rings is 1. The van der Waals surface area contributed by atoms with E-state index in [2.05, 4.69) is 21.9 Å². The Bertz CT molecular complexity index is 771. The summed E-state index contributed by atoms with van der Waals surface area (Å²) in [4.78, 5) is 17.7. The van der Waals surface area contributed by atoms with Crippen LogP contribution in [0.15, 0.2) is 24.3 Å². The molecule has 2 aromatic rings. The maximum absolute atomic E-state index is 9.02. The molecule has 2 N–H and O–H groups in total. The number of aliphatic hydroxyl groups excluding tert-OH is 1. The van der Waals surface area contributed by atoms with Crippen LogP contribution in [0.5, 0.6) is 11.5 Å². The Balaban J connectivity index is 0.00000120. The summed E-state index contributed by atoms with van der Waals surface area (Å²) in [6, 6.07) is 7.99. The van der Waals surface area contributed by atoms with Crippen molar-refractivity contribution in [2.24, 2.45) is 0 Å². The van der Waals surface area contributed by atoms with E-state index in [1.807, 2.05) is 12.1 Å². The zero-order chi connectivity index (χ0) is 19.8. The van der Waals surface area contributed by atoms with Crippen LogP contribution >= 0.6 is 24.8 Å². The minimum Gasteiger partial charge on any atom is -0.493 e. The van der Waals surface area contributed by atoms with Gasteiger partial charge in [0.05, 0.1) is 26.3 Å². The topological polar surface area (TPSA) is 121 Å². The molecule has 0 radical (unpaired) electrons. The van der Waals surface area contributed by atoms with Gasteiger partial charge in [-0.05, 0) is 18.2 Å². The molecule has 0 amide bonds. The van der Waals surface area contributed by atoms with Crippen molar-refractivity contribution in [1.29, 1.82) is 0 Å². The number of halogens is 2. The fraction of sp³-hybridized carbons (Fsp3) is 0.471. The maximum Gasteiger partial charge on any atom is 0.291 e. The van der Waals surface area contributed by atoms with E-state index in [0.717, 1.165) is 49.4 Å². The van der Waals surface area contributed by atoms with Gasteiger partial charge >= 0.3 is 0 Å². The summed E-state index contributed by atoms with van der Waals surface area (Å²) in [5.74, 6) is 2.39. The van der Waals surface area contributed by atoms with Crippen molar-refractivity contribution in [3.05, 3.63) is 34.4 Å². The standard InChI is InChI=1S/C17H23N3O3.2ClH.HNO3/c1-22-15-11-13-3-4-17(18-14(13)12-16(15)23-2)20-7-5-19(6-8-20)9-10-21;;;2-1(3)4/h3-4,11-12,21H,5-10H2,1-2H3;2*1H;(H,2,3,4). The molecule has 0 spiro atoms. The predicted molar refractivity (Wildman–Crippen MR) is 114 cm³/mol. The SMILES string of the molecule is COc1cc2ccc(N3CCN(CCO)CC3)nc2cc1OC.Cl.Cl.O=[N+]([O-])O. The summed E-state index contributed by atoms with van der Waals surface area (Å²) in [5, 5.41) is 23.7. The summed E-state index contributed by atoms with van der Waals surface area (Å²) < 4.78 is 10.7. The molecule has 1 aliphatic heterocycles. The van der Waals surface area contributed by atoms with Gasteiger partial charge < -0.3 is 24.7 Å². The number of aromatic nitrogens is 1. The zero-order valence-corrected chi connectivity index (χ0v) is 17.8. The van der Waals surface area contributed by atoms with Gasteiger partial charge in [0.2, 0.25) is 0 Å². The van der Waals surface area contributed by atoms with Crippen molar-refractivity contribution in [3.8, 4) is 11.5 Å².